The molecule has 32 heavy (non-hydrogen) atoms. The lowest BCUT2D eigenvalue weighted by molar-refractivity contribution is -0.147. The molecule has 1 aromatic heterocycles. The van der Waals surface area contributed by atoms with E-state index in [4.69, 9.17) is 24.8 Å². The number of aliphatic carboxylic acids is 2. The number of carboxylic acids is 2. The number of benzene rings is 1. The Balaban J connectivity index is 2.01. The largest absolute Gasteiger partial charge is 0.481 e. The Morgan fingerprint density at radius 1 is 1.09 bits per heavy atom. The van der Waals surface area contributed by atoms with Gasteiger partial charge in [-0.05, 0) is 55.3 Å². The fraction of sp³-hybridized carbons (Fsp3) is 0.318. The third-order valence-electron chi connectivity index (χ3n) is 4.67. The van der Waals surface area contributed by atoms with Gasteiger partial charge < -0.3 is 30.1 Å². The smallest absolute Gasteiger partial charge is 0.379 e. The van der Waals surface area contributed by atoms with E-state index in [1.807, 2.05) is 0 Å². The molecule has 2 rings (SSSR count). The molecule has 0 bridgehead atoms. The molecule has 0 saturated carbocycles. The van der Waals surface area contributed by atoms with E-state index in [2.05, 4.69) is 5.32 Å². The second-order valence-corrected chi connectivity index (χ2v) is 7.11. The van der Waals surface area contributed by atoms with E-state index in [-0.39, 0.29) is 17.9 Å². The fourth-order valence-electron chi connectivity index (χ4n) is 2.86. The number of esters is 1. The van der Waals surface area contributed by atoms with Gasteiger partial charge in [0.05, 0.1) is 6.42 Å². The molecule has 0 fully saturated rings. The molecule has 0 aliphatic rings. The van der Waals surface area contributed by atoms with Crippen LogP contribution in [-0.4, -0.2) is 45.8 Å². The maximum absolute atomic E-state index is 12.4. The van der Waals surface area contributed by atoms with Gasteiger partial charge in [-0.3, -0.25) is 9.59 Å². The molecule has 1 aromatic carbocycles. The molecule has 2 aromatic rings. The summed E-state index contributed by atoms with van der Waals surface area (Å²) in [6.45, 7) is 3.36. The second kappa shape index (κ2) is 10.9. The minimum Gasteiger partial charge on any atom is -0.481 e. The van der Waals surface area contributed by atoms with Gasteiger partial charge in [-0.15, -0.1) is 0 Å². The van der Waals surface area contributed by atoms with Crippen molar-refractivity contribution >= 4 is 29.5 Å². The van der Waals surface area contributed by atoms with Gasteiger partial charge in [-0.2, -0.15) is 0 Å². The number of hydrogen-bond donors (Lipinski definition) is 4. The summed E-state index contributed by atoms with van der Waals surface area (Å²) in [5.41, 5.74) is 1.08. The van der Waals surface area contributed by atoms with E-state index >= 15 is 0 Å². The van der Waals surface area contributed by atoms with Crippen molar-refractivity contribution in [3.8, 4) is 5.75 Å². The molecule has 0 aliphatic heterocycles. The zero-order chi connectivity index (χ0) is 23.8. The summed E-state index contributed by atoms with van der Waals surface area (Å²) in [7, 11) is 0. The topological polar surface area (TPSA) is 167 Å². The lowest BCUT2D eigenvalue weighted by Crippen LogP contribution is -2.45. The van der Waals surface area contributed by atoms with Crippen molar-refractivity contribution in [1.29, 1.82) is 5.41 Å². The summed E-state index contributed by atoms with van der Waals surface area (Å²) in [6, 6.07) is 7.79. The van der Waals surface area contributed by atoms with E-state index in [9.17, 15) is 19.2 Å². The van der Waals surface area contributed by atoms with Crippen LogP contribution in [0, 0.1) is 11.3 Å². The third kappa shape index (κ3) is 6.79. The molecule has 2 atom stereocenters. The quantitative estimate of drug-likeness (QED) is 0.233. The lowest BCUT2D eigenvalue weighted by atomic mass is 9.99. The van der Waals surface area contributed by atoms with Crippen molar-refractivity contribution in [1.82, 2.24) is 5.32 Å². The first-order chi connectivity index (χ1) is 15.1. The van der Waals surface area contributed by atoms with Gasteiger partial charge in [0.25, 0.3) is 0 Å². The predicted molar refractivity (Wildman–Crippen MR) is 112 cm³/mol. The summed E-state index contributed by atoms with van der Waals surface area (Å²) < 4.78 is 10.7. The molecular formula is C22H24N2O8. The Hall–Kier alpha value is -3.95. The molecule has 10 nitrogen and oxygen atoms in total. The second-order valence-electron chi connectivity index (χ2n) is 7.11. The van der Waals surface area contributed by atoms with Crippen LogP contribution in [0.5, 0.6) is 5.75 Å². The zero-order valence-electron chi connectivity index (χ0n) is 17.6. The first-order valence-electron chi connectivity index (χ1n) is 9.82. The highest BCUT2D eigenvalue weighted by Crippen LogP contribution is 2.19. The average molecular weight is 444 g/mol. The maximum atomic E-state index is 12.4. The molecule has 1 unspecified atom stereocenters. The Morgan fingerprint density at radius 2 is 1.75 bits per heavy atom. The Morgan fingerprint density at radius 3 is 2.28 bits per heavy atom. The molecule has 0 saturated heterocycles. The van der Waals surface area contributed by atoms with E-state index < -0.39 is 42.2 Å². The van der Waals surface area contributed by atoms with Crippen LogP contribution in [-0.2, 0) is 20.8 Å². The van der Waals surface area contributed by atoms with Gasteiger partial charge in [0.15, 0.2) is 0 Å². The van der Waals surface area contributed by atoms with Crippen LogP contribution in [0.4, 0.5) is 0 Å². The molecule has 170 valence electrons. The number of carbonyl (C=O) groups excluding carboxylic acids is 2. The van der Waals surface area contributed by atoms with E-state index in [1.165, 1.54) is 12.1 Å². The molecule has 1 amide bonds. The van der Waals surface area contributed by atoms with Crippen molar-refractivity contribution < 1.29 is 38.5 Å². The summed E-state index contributed by atoms with van der Waals surface area (Å²) in [5.74, 6) is -4.30. The van der Waals surface area contributed by atoms with Gasteiger partial charge in [0.2, 0.25) is 11.7 Å². The number of rotatable bonds is 11. The van der Waals surface area contributed by atoms with E-state index in [0.29, 0.717) is 23.5 Å². The van der Waals surface area contributed by atoms with Crippen molar-refractivity contribution in [2.45, 2.75) is 39.2 Å². The van der Waals surface area contributed by atoms with Crippen LogP contribution in [0.25, 0.3) is 0 Å². The number of nitrogens with one attached hydrogen (secondary N) is 2. The summed E-state index contributed by atoms with van der Waals surface area (Å²) in [6.07, 6.45) is -0.318. The number of carbonyl (C=O) groups is 4. The molecule has 0 spiro atoms. The Kier molecular flexibility index (Phi) is 8.28. The number of hydrogen-bond acceptors (Lipinski definition) is 7. The monoisotopic (exact) mass is 444 g/mol. The third-order valence-corrected chi connectivity index (χ3v) is 4.67. The molecule has 4 N–H and O–H groups in total. The zero-order valence-corrected chi connectivity index (χ0v) is 17.6. The van der Waals surface area contributed by atoms with Gasteiger partial charge >= 0.3 is 17.9 Å². The fourth-order valence-corrected chi connectivity index (χ4v) is 2.86. The first kappa shape index (κ1) is 24.3. The minimum absolute atomic E-state index is 0.0723. The highest BCUT2D eigenvalue weighted by Gasteiger charge is 2.27. The van der Waals surface area contributed by atoms with E-state index in [1.54, 1.807) is 38.1 Å². The Labute approximate surface area is 183 Å². The lowest BCUT2D eigenvalue weighted by Gasteiger charge is -2.17. The molecule has 0 aliphatic carbocycles. The van der Waals surface area contributed by atoms with Crippen molar-refractivity contribution in [3.63, 3.8) is 0 Å². The highest BCUT2D eigenvalue weighted by molar-refractivity contribution is 5.96. The SMILES string of the molecule is CCC(Cc1ccc(C(=O)Oc2ccc(C(C)=N)cc2)o1)C(=O)N[C@H](CC(=O)O)C(=O)O. The van der Waals surface area contributed by atoms with Crippen LogP contribution in [0.1, 0.15) is 48.6 Å². The normalized spacial score (nSPS) is 12.4. The van der Waals surface area contributed by atoms with Crippen molar-refractivity contribution in [3.05, 3.63) is 53.5 Å². The maximum Gasteiger partial charge on any atom is 0.379 e. The van der Waals surface area contributed by atoms with Crippen molar-refractivity contribution in [2.24, 2.45) is 5.92 Å². The summed E-state index contributed by atoms with van der Waals surface area (Å²) in [5, 5.41) is 27.7. The highest BCUT2D eigenvalue weighted by atomic mass is 16.5. The first-order valence-corrected chi connectivity index (χ1v) is 9.82. The number of amides is 1. The van der Waals surface area contributed by atoms with Crippen LogP contribution >= 0.6 is 0 Å². The van der Waals surface area contributed by atoms with Gasteiger partial charge in [0.1, 0.15) is 17.6 Å². The molecule has 0 radical (unpaired) electrons. The number of carboxylic acid groups (broad SMARTS) is 2. The standard InChI is InChI=1S/C22H24N2O8/c1-3-13(20(27)24-17(21(28)29)11-19(25)26)10-16-8-9-18(31-16)22(30)32-15-6-4-14(5-7-15)12(2)23/h4-9,13,17,23H,3,10-11H2,1-2H3,(H,24,27)(H,25,26)(H,28,29)/t13?,17-/m1/s1. The number of ether oxygens (including phenoxy) is 1. The van der Waals surface area contributed by atoms with E-state index in [0.717, 1.165) is 0 Å². The Bertz CT molecular complexity index is 1010. The van der Waals surface area contributed by atoms with Crippen LogP contribution in [0.2, 0.25) is 0 Å². The van der Waals surface area contributed by atoms with Gasteiger partial charge in [0, 0.05) is 18.1 Å². The van der Waals surface area contributed by atoms with Gasteiger partial charge in [-0.1, -0.05) is 6.92 Å². The van der Waals surface area contributed by atoms with Crippen molar-refractivity contribution in [2.75, 3.05) is 0 Å². The van der Waals surface area contributed by atoms with Crippen LogP contribution in [0.15, 0.2) is 40.8 Å². The van der Waals surface area contributed by atoms with Gasteiger partial charge in [-0.25, -0.2) is 9.59 Å². The molecular weight excluding hydrogens is 420 g/mol. The van der Waals surface area contributed by atoms with Crippen LogP contribution < -0.4 is 10.1 Å². The minimum atomic E-state index is -1.54. The molecule has 1 heterocycles. The van der Waals surface area contributed by atoms with Crippen LogP contribution in [0.3, 0.4) is 0 Å². The summed E-state index contributed by atoms with van der Waals surface area (Å²) in [4.78, 5) is 46.7. The molecule has 10 heteroatoms. The summed E-state index contributed by atoms with van der Waals surface area (Å²) >= 11 is 0. The average Bonchev–Trinajstić information content (AvgIpc) is 3.20. The number of furan rings is 1. The predicted octanol–water partition coefficient (Wildman–Crippen LogP) is 2.50.